The molecule has 21 heavy (non-hydrogen) atoms. The molecule has 0 aliphatic carbocycles. The molecule has 0 aromatic carbocycles. The lowest BCUT2D eigenvalue weighted by Crippen LogP contribution is -2.41. The molecule has 2 rings (SSSR count). The highest BCUT2D eigenvalue weighted by Gasteiger charge is 2.31. The number of aliphatic hydroxyl groups is 1. The van der Waals surface area contributed by atoms with Gasteiger partial charge in [-0.25, -0.2) is 4.98 Å². The first-order chi connectivity index (χ1) is 10.1. The van der Waals surface area contributed by atoms with Gasteiger partial charge in [-0.2, -0.15) is 0 Å². The Balaban J connectivity index is 2.04. The average molecular weight is 288 g/mol. The van der Waals surface area contributed by atoms with E-state index in [9.17, 15) is 4.79 Å². The molecule has 1 amide bonds. The van der Waals surface area contributed by atoms with Crippen LogP contribution >= 0.6 is 0 Å². The molecule has 0 radical (unpaired) electrons. The number of rotatable bonds is 3. The molecule has 5 heteroatoms. The largest absolute Gasteiger partial charge is 0.395 e. The number of aromatic nitrogens is 1. The predicted molar refractivity (Wildman–Crippen MR) is 78.7 cm³/mol. The number of hydrogen-bond donors (Lipinski definition) is 1. The molecule has 2 atom stereocenters. The predicted octanol–water partition coefficient (Wildman–Crippen LogP) is 1.06. The first-order valence-electron chi connectivity index (χ1n) is 7.08. The smallest absolute Gasteiger partial charge is 0.272 e. The van der Waals surface area contributed by atoms with Crippen molar-refractivity contribution in [2.24, 2.45) is 0 Å². The number of amides is 1. The molecule has 0 spiro atoms. The van der Waals surface area contributed by atoms with Crippen molar-refractivity contribution in [1.29, 1.82) is 0 Å². The summed E-state index contributed by atoms with van der Waals surface area (Å²) < 4.78 is 5.49. The average Bonchev–Trinajstić information content (AvgIpc) is 2.93. The van der Waals surface area contributed by atoms with E-state index in [-0.39, 0.29) is 24.7 Å². The van der Waals surface area contributed by atoms with Gasteiger partial charge < -0.3 is 14.7 Å². The third-order valence-corrected chi connectivity index (χ3v) is 3.61. The summed E-state index contributed by atoms with van der Waals surface area (Å²) in [7, 11) is 1.79. The highest BCUT2D eigenvalue weighted by atomic mass is 16.5. The molecule has 112 valence electrons. The molecule has 1 aliphatic heterocycles. The van der Waals surface area contributed by atoms with E-state index in [4.69, 9.17) is 9.84 Å². The van der Waals surface area contributed by atoms with Crippen molar-refractivity contribution in [3.63, 3.8) is 0 Å². The first kappa shape index (κ1) is 15.5. The summed E-state index contributed by atoms with van der Waals surface area (Å²) in [6.45, 7) is 2.72. The number of carbonyl (C=O) groups excluding carboxylic acids is 1. The molecule has 0 saturated carbocycles. The second-order valence-electron chi connectivity index (χ2n) is 5.06. The quantitative estimate of drug-likeness (QED) is 0.845. The van der Waals surface area contributed by atoms with Crippen molar-refractivity contribution in [2.45, 2.75) is 31.9 Å². The van der Waals surface area contributed by atoms with Crippen LogP contribution in [0.4, 0.5) is 0 Å². The fourth-order valence-electron chi connectivity index (χ4n) is 2.38. The zero-order valence-corrected chi connectivity index (χ0v) is 12.4. The number of hydrogen-bond acceptors (Lipinski definition) is 4. The van der Waals surface area contributed by atoms with Gasteiger partial charge in [0.05, 0.1) is 18.8 Å². The zero-order valence-electron chi connectivity index (χ0n) is 12.4. The van der Waals surface area contributed by atoms with Crippen LogP contribution in [-0.4, -0.2) is 53.3 Å². The number of carbonyl (C=O) groups is 1. The van der Waals surface area contributed by atoms with E-state index in [0.29, 0.717) is 18.7 Å². The van der Waals surface area contributed by atoms with E-state index in [1.54, 1.807) is 30.3 Å². The summed E-state index contributed by atoms with van der Waals surface area (Å²) in [5.41, 5.74) is 1.14. The van der Waals surface area contributed by atoms with E-state index in [1.165, 1.54) is 0 Å². The molecular formula is C16H20N2O3. The number of pyridine rings is 1. The van der Waals surface area contributed by atoms with Gasteiger partial charge in [0, 0.05) is 31.8 Å². The second-order valence-corrected chi connectivity index (χ2v) is 5.06. The first-order valence-corrected chi connectivity index (χ1v) is 7.08. The van der Waals surface area contributed by atoms with Gasteiger partial charge in [-0.05, 0) is 25.5 Å². The maximum Gasteiger partial charge on any atom is 0.272 e. The zero-order chi connectivity index (χ0) is 15.2. The Hall–Kier alpha value is -1.90. The van der Waals surface area contributed by atoms with Crippen molar-refractivity contribution in [3.05, 3.63) is 29.6 Å². The summed E-state index contributed by atoms with van der Waals surface area (Å²) in [5.74, 6) is 5.60. The lowest BCUT2D eigenvalue weighted by Gasteiger charge is -2.26. The minimum absolute atomic E-state index is 0.0451. The molecule has 1 N–H and O–H groups in total. The Morgan fingerprint density at radius 1 is 1.57 bits per heavy atom. The van der Waals surface area contributed by atoms with Gasteiger partial charge in [-0.15, -0.1) is 0 Å². The highest BCUT2D eigenvalue weighted by molar-refractivity contribution is 5.92. The van der Waals surface area contributed by atoms with Crippen LogP contribution in [0.1, 0.15) is 35.8 Å². The fraction of sp³-hybridized carbons (Fsp3) is 0.500. The standard InChI is InChI=1S/C16H20N2O3/c1-12-15(8-10-21-12)18(2)16(20)14-7-6-13(11-17-14)5-3-4-9-19/h6-7,11-12,15,19H,4,8-10H2,1-2H3. The maximum atomic E-state index is 12.4. The molecule has 1 aromatic rings. The van der Waals surface area contributed by atoms with Gasteiger partial charge in [-0.3, -0.25) is 4.79 Å². The van der Waals surface area contributed by atoms with Gasteiger partial charge in [0.2, 0.25) is 0 Å². The Morgan fingerprint density at radius 2 is 2.38 bits per heavy atom. The second kappa shape index (κ2) is 7.21. The molecule has 0 bridgehead atoms. The fourth-order valence-corrected chi connectivity index (χ4v) is 2.38. The van der Waals surface area contributed by atoms with Crippen LogP contribution in [0.3, 0.4) is 0 Å². The molecule has 2 unspecified atom stereocenters. The number of aliphatic hydroxyl groups excluding tert-OH is 1. The Labute approximate surface area is 124 Å². The SMILES string of the molecule is CC1OCCC1N(C)C(=O)c1ccc(C#CCCO)cn1. The van der Waals surface area contributed by atoms with Crippen molar-refractivity contribution < 1.29 is 14.6 Å². The van der Waals surface area contributed by atoms with Crippen LogP contribution in [0.2, 0.25) is 0 Å². The lowest BCUT2D eigenvalue weighted by atomic mass is 10.1. The number of nitrogens with zero attached hydrogens (tertiary/aromatic N) is 2. The summed E-state index contributed by atoms with van der Waals surface area (Å²) in [6, 6.07) is 3.55. The van der Waals surface area contributed by atoms with Crippen LogP contribution in [0.5, 0.6) is 0 Å². The Kier molecular flexibility index (Phi) is 5.32. The van der Waals surface area contributed by atoms with Gasteiger partial charge >= 0.3 is 0 Å². The molecule has 1 saturated heterocycles. The molecule has 1 aromatic heterocycles. The van der Waals surface area contributed by atoms with Gasteiger partial charge in [0.15, 0.2) is 0 Å². The third-order valence-electron chi connectivity index (χ3n) is 3.61. The highest BCUT2D eigenvalue weighted by Crippen LogP contribution is 2.19. The van der Waals surface area contributed by atoms with E-state index < -0.39 is 0 Å². The van der Waals surface area contributed by atoms with Gasteiger partial charge in [0.25, 0.3) is 5.91 Å². The molecular weight excluding hydrogens is 268 g/mol. The van der Waals surface area contributed by atoms with Crippen LogP contribution in [0.15, 0.2) is 18.3 Å². The maximum absolute atomic E-state index is 12.4. The summed E-state index contributed by atoms with van der Waals surface area (Å²) in [6.07, 6.45) is 2.93. The van der Waals surface area contributed by atoms with Crippen molar-refractivity contribution in [2.75, 3.05) is 20.3 Å². The Morgan fingerprint density at radius 3 is 2.95 bits per heavy atom. The third kappa shape index (κ3) is 3.81. The van der Waals surface area contributed by atoms with E-state index in [2.05, 4.69) is 16.8 Å². The summed E-state index contributed by atoms with van der Waals surface area (Å²) in [5, 5.41) is 8.67. The van der Waals surface area contributed by atoms with E-state index >= 15 is 0 Å². The molecule has 5 nitrogen and oxygen atoms in total. The molecule has 1 fully saturated rings. The molecule has 2 heterocycles. The number of ether oxygens (including phenoxy) is 1. The molecule has 1 aliphatic rings. The van der Waals surface area contributed by atoms with Crippen molar-refractivity contribution in [3.8, 4) is 11.8 Å². The van der Waals surface area contributed by atoms with Gasteiger partial charge in [-0.1, -0.05) is 11.8 Å². The number of likely N-dealkylation sites (N-methyl/N-ethyl adjacent to an activating group) is 1. The topological polar surface area (TPSA) is 62.7 Å². The monoisotopic (exact) mass is 288 g/mol. The van der Waals surface area contributed by atoms with Crippen LogP contribution in [0.25, 0.3) is 0 Å². The van der Waals surface area contributed by atoms with E-state index in [1.807, 2.05) is 6.92 Å². The van der Waals surface area contributed by atoms with Gasteiger partial charge in [0.1, 0.15) is 5.69 Å². The lowest BCUT2D eigenvalue weighted by molar-refractivity contribution is 0.0570. The van der Waals surface area contributed by atoms with Crippen LogP contribution in [0, 0.1) is 11.8 Å². The van der Waals surface area contributed by atoms with Crippen LogP contribution in [-0.2, 0) is 4.74 Å². The normalized spacial score (nSPS) is 20.7. The van der Waals surface area contributed by atoms with Crippen LogP contribution < -0.4 is 0 Å². The Bertz CT molecular complexity index is 545. The van der Waals surface area contributed by atoms with E-state index in [0.717, 1.165) is 12.0 Å². The van der Waals surface area contributed by atoms with Crippen molar-refractivity contribution >= 4 is 5.91 Å². The summed E-state index contributed by atoms with van der Waals surface area (Å²) >= 11 is 0. The van der Waals surface area contributed by atoms with Crippen molar-refractivity contribution in [1.82, 2.24) is 9.88 Å². The minimum Gasteiger partial charge on any atom is -0.395 e. The summed E-state index contributed by atoms with van der Waals surface area (Å²) in [4.78, 5) is 18.3. The minimum atomic E-state index is -0.104.